The fraction of sp³-hybridized carbons (Fsp3) is 0.684. The van der Waals surface area contributed by atoms with Crippen molar-refractivity contribution in [2.45, 2.75) is 64.1 Å². The van der Waals surface area contributed by atoms with Crippen molar-refractivity contribution in [2.75, 3.05) is 0 Å². The molecule has 0 unspecified atom stereocenters. The van der Waals surface area contributed by atoms with Gasteiger partial charge in [-0.25, -0.2) is 0 Å². The molecule has 3 nitrogen and oxygen atoms in total. The Labute approximate surface area is 140 Å². The Morgan fingerprint density at radius 2 is 1.96 bits per heavy atom. The molecule has 2 bridgehead atoms. The van der Waals surface area contributed by atoms with Gasteiger partial charge in [-0.1, -0.05) is 44.2 Å². The molecule has 1 aromatic carbocycles. The van der Waals surface area contributed by atoms with E-state index in [0.717, 1.165) is 25.2 Å². The first-order valence-electron chi connectivity index (χ1n) is 9.04. The quantitative estimate of drug-likeness (QED) is 0.868. The SMILES string of the molecule is CC1(C)[C@@H]2C[C@@H]3OB([C@H](N)CCc4ccccc4)O[C@@]3(C)[C@H]1C2. The molecule has 124 valence electrons. The van der Waals surface area contributed by atoms with Crippen molar-refractivity contribution in [3.05, 3.63) is 35.9 Å². The largest absolute Gasteiger partial charge is 0.475 e. The Balaban J connectivity index is 1.40. The fourth-order valence-corrected chi connectivity index (χ4v) is 5.20. The Morgan fingerprint density at radius 1 is 1.22 bits per heavy atom. The summed E-state index contributed by atoms with van der Waals surface area (Å²) in [4.78, 5) is 0. The second kappa shape index (κ2) is 5.33. The van der Waals surface area contributed by atoms with Crippen LogP contribution in [0.4, 0.5) is 0 Å². The van der Waals surface area contributed by atoms with Crippen LogP contribution >= 0.6 is 0 Å². The Hall–Kier alpha value is -0.835. The van der Waals surface area contributed by atoms with Crippen molar-refractivity contribution in [2.24, 2.45) is 23.0 Å². The van der Waals surface area contributed by atoms with Crippen LogP contribution < -0.4 is 5.73 Å². The zero-order chi connectivity index (χ0) is 16.2. The molecule has 0 spiro atoms. The third kappa shape index (κ3) is 2.38. The predicted octanol–water partition coefficient (Wildman–Crippen LogP) is 3.21. The van der Waals surface area contributed by atoms with E-state index in [1.54, 1.807) is 0 Å². The zero-order valence-corrected chi connectivity index (χ0v) is 14.5. The lowest BCUT2D eigenvalue weighted by Gasteiger charge is -2.64. The number of rotatable bonds is 4. The highest BCUT2D eigenvalue weighted by atomic mass is 16.7. The third-order valence-corrected chi connectivity index (χ3v) is 6.93. The van der Waals surface area contributed by atoms with Crippen LogP contribution in [0.3, 0.4) is 0 Å². The highest BCUT2D eigenvalue weighted by Gasteiger charge is 2.68. The van der Waals surface area contributed by atoms with Gasteiger partial charge in [-0.15, -0.1) is 0 Å². The van der Waals surface area contributed by atoms with E-state index < -0.39 is 0 Å². The smallest absolute Gasteiger partial charge is 0.404 e. The van der Waals surface area contributed by atoms with Gasteiger partial charge in [0.05, 0.1) is 11.7 Å². The number of aryl methyl sites for hydroxylation is 1. The maximum Gasteiger partial charge on any atom is 0.475 e. The normalized spacial score (nSPS) is 38.8. The summed E-state index contributed by atoms with van der Waals surface area (Å²) in [5.74, 6) is 1.33. The van der Waals surface area contributed by atoms with Gasteiger partial charge in [-0.3, -0.25) is 0 Å². The van der Waals surface area contributed by atoms with Crippen molar-refractivity contribution in [3.63, 3.8) is 0 Å². The lowest BCUT2D eigenvalue weighted by Crippen LogP contribution is -2.65. The fourth-order valence-electron chi connectivity index (χ4n) is 5.20. The molecular weight excluding hydrogens is 285 g/mol. The summed E-state index contributed by atoms with van der Waals surface area (Å²) < 4.78 is 12.7. The minimum absolute atomic E-state index is 0.0575. The Morgan fingerprint density at radius 3 is 2.65 bits per heavy atom. The average molecular weight is 313 g/mol. The molecule has 0 radical (unpaired) electrons. The second-order valence-electron chi connectivity index (χ2n) is 8.53. The molecule has 23 heavy (non-hydrogen) atoms. The van der Waals surface area contributed by atoms with E-state index in [1.165, 1.54) is 12.0 Å². The predicted molar refractivity (Wildman–Crippen MR) is 92.9 cm³/mol. The van der Waals surface area contributed by atoms with Gasteiger partial charge in [-0.05, 0) is 55.4 Å². The Kier molecular flexibility index (Phi) is 3.64. The maximum atomic E-state index is 6.44. The molecule has 3 aliphatic carbocycles. The highest BCUT2D eigenvalue weighted by molar-refractivity contribution is 6.47. The van der Waals surface area contributed by atoms with Crippen LogP contribution in [0.2, 0.25) is 0 Å². The summed E-state index contributed by atoms with van der Waals surface area (Å²) in [5, 5.41) is 0. The second-order valence-corrected chi connectivity index (χ2v) is 8.53. The molecule has 4 aliphatic rings. The number of hydrogen-bond acceptors (Lipinski definition) is 3. The lowest BCUT2D eigenvalue weighted by molar-refractivity contribution is -0.199. The highest BCUT2D eigenvalue weighted by Crippen LogP contribution is 2.65. The van der Waals surface area contributed by atoms with Gasteiger partial charge in [0.1, 0.15) is 0 Å². The molecule has 2 N–H and O–H groups in total. The summed E-state index contributed by atoms with van der Waals surface area (Å²) in [6, 6.07) is 10.5. The Bertz CT molecular complexity index is 578. The lowest BCUT2D eigenvalue weighted by atomic mass is 9.43. The number of benzene rings is 1. The molecular formula is C19H28BNO2. The third-order valence-electron chi connectivity index (χ3n) is 6.93. The van der Waals surface area contributed by atoms with Crippen LogP contribution in [0.5, 0.6) is 0 Å². The van der Waals surface area contributed by atoms with E-state index in [-0.39, 0.29) is 24.8 Å². The van der Waals surface area contributed by atoms with Crippen LogP contribution in [0.15, 0.2) is 30.3 Å². The number of nitrogens with two attached hydrogens (primary N) is 1. The van der Waals surface area contributed by atoms with Crippen LogP contribution in [-0.2, 0) is 15.7 Å². The number of hydrogen-bond donors (Lipinski definition) is 1. The van der Waals surface area contributed by atoms with E-state index in [0.29, 0.717) is 11.3 Å². The summed E-state index contributed by atoms with van der Waals surface area (Å²) in [5.41, 5.74) is 7.98. The molecule has 1 saturated heterocycles. The summed E-state index contributed by atoms with van der Waals surface area (Å²) >= 11 is 0. The topological polar surface area (TPSA) is 44.5 Å². The first-order valence-corrected chi connectivity index (χ1v) is 9.04. The van der Waals surface area contributed by atoms with Crippen molar-refractivity contribution >= 4 is 7.12 Å². The molecule has 3 saturated carbocycles. The van der Waals surface area contributed by atoms with Crippen LogP contribution in [-0.4, -0.2) is 24.8 Å². The molecule has 1 aliphatic heterocycles. The summed E-state index contributed by atoms with van der Waals surface area (Å²) in [7, 11) is -0.246. The van der Waals surface area contributed by atoms with Gasteiger partial charge >= 0.3 is 7.12 Å². The molecule has 0 amide bonds. The molecule has 1 aromatic rings. The summed E-state index contributed by atoms with van der Waals surface area (Å²) in [6.45, 7) is 7.03. The van der Waals surface area contributed by atoms with Crippen molar-refractivity contribution in [1.29, 1.82) is 0 Å². The summed E-state index contributed by atoms with van der Waals surface area (Å²) in [6.07, 6.45) is 4.52. The van der Waals surface area contributed by atoms with Crippen LogP contribution in [0.1, 0.15) is 45.6 Å². The molecule has 5 rings (SSSR count). The molecule has 0 aromatic heterocycles. The van der Waals surface area contributed by atoms with Gasteiger partial charge in [0.25, 0.3) is 0 Å². The minimum atomic E-state index is -0.246. The molecule has 4 fully saturated rings. The average Bonchev–Trinajstić information content (AvgIpc) is 2.90. The van der Waals surface area contributed by atoms with Gasteiger partial charge in [0.15, 0.2) is 0 Å². The van der Waals surface area contributed by atoms with Crippen molar-refractivity contribution in [1.82, 2.24) is 0 Å². The first-order chi connectivity index (χ1) is 10.9. The van der Waals surface area contributed by atoms with Gasteiger partial charge < -0.3 is 15.0 Å². The first kappa shape index (κ1) is 15.7. The minimum Gasteiger partial charge on any atom is -0.404 e. The van der Waals surface area contributed by atoms with Gasteiger partial charge in [0, 0.05) is 5.94 Å². The zero-order valence-electron chi connectivity index (χ0n) is 14.5. The monoisotopic (exact) mass is 313 g/mol. The standard InChI is InChI=1S/C19H28BNO2/c1-18(2)14-11-15(18)19(3)16(12-14)22-20(23-19)17(21)10-9-13-7-5-4-6-8-13/h4-8,14-17H,9-12,21H2,1-3H3/t14-,15-,16-,17+,19-/m0/s1. The van der Waals surface area contributed by atoms with Crippen molar-refractivity contribution < 1.29 is 9.31 Å². The molecule has 5 atom stereocenters. The molecule has 1 heterocycles. The maximum absolute atomic E-state index is 6.44. The van der Waals surface area contributed by atoms with E-state index in [4.69, 9.17) is 15.0 Å². The van der Waals surface area contributed by atoms with Crippen LogP contribution in [0, 0.1) is 17.3 Å². The van der Waals surface area contributed by atoms with Gasteiger partial charge in [0.2, 0.25) is 0 Å². The van der Waals surface area contributed by atoms with Gasteiger partial charge in [-0.2, -0.15) is 0 Å². The van der Waals surface area contributed by atoms with E-state index >= 15 is 0 Å². The molecule has 4 heteroatoms. The van der Waals surface area contributed by atoms with E-state index in [1.807, 2.05) is 6.07 Å². The van der Waals surface area contributed by atoms with E-state index in [9.17, 15) is 0 Å². The van der Waals surface area contributed by atoms with Crippen molar-refractivity contribution in [3.8, 4) is 0 Å². The van der Waals surface area contributed by atoms with Crippen LogP contribution in [0.25, 0.3) is 0 Å². The van der Waals surface area contributed by atoms with E-state index in [2.05, 4.69) is 45.0 Å².